The van der Waals surface area contributed by atoms with Crippen LogP contribution in [0.3, 0.4) is 0 Å². The maximum atomic E-state index is 14.5. The average Bonchev–Trinajstić information content (AvgIpc) is 1.65. The van der Waals surface area contributed by atoms with Crippen molar-refractivity contribution < 1.29 is 29.2 Å². The molecule has 0 radical (unpaired) electrons. The number of pyridine rings is 6. The number of aliphatic hydroxyl groups excluding tert-OH is 2. The van der Waals surface area contributed by atoms with Crippen molar-refractivity contribution in [3.05, 3.63) is 156 Å². The number of anilines is 9. The Hall–Kier alpha value is -11.2. The number of piperidine rings is 2. The number of halogens is 2. The molecule has 3 fully saturated rings. The predicted octanol–water partition coefficient (Wildman–Crippen LogP) is 15.0. The Kier molecular flexibility index (Phi) is 27.0. The standard InChI is InChI=1S/C19H26N6OS.C18H15F2N5S.C18H24N6OS.C16H18N4OS.C14H17N5OS/c1-19(26)4-9-25(10-5-19)8-2-6-21-14-12-17(20)23-15-11-16(27-18(14)15)13-3-7-22-24-13;19-18(20,15-3-1-2-7-22-15)6-4-11-9-16(21)24-13-10-14(26-17(11)13)12-5-8-23-25-12;1-18(25)3-7-24(8-4-18)9-6-20-13-11-16(19)22-14-10-15(26-17(13)14)12-2-5-21-23-12;17-15-7-12(19-10-2-1-3-13(10)21)16-11(20-15)6-14(22-16)9-4-5-18-8-9;1-2-8(7-20)17-11-6-13(15)18-10-5-12(21-14(10)11)9-3-4-16-19-9/h3,7,11-12,26H,2,4-6,8-10H2,1H3,(H,22,24)(H3,20,21,23);1-3,5,7-10H,4,6H2,(H2,21,24)(H,23,25);2,5,10-11,25H,3-4,6-9H2,1H3,(H,21,23)(H3,19,20,22);4-7,10,13,21H,1-3,8H2,(H3,17,19,20);3-6,8,20H,2,7H2,1H3,(H,16,19)(H3,15,17,18)/t;;;10-,13+;8-/m...11/s1. The second-order valence-corrected chi connectivity index (χ2v) is 36.5. The van der Waals surface area contributed by atoms with Crippen LogP contribution in [0, 0.1) is 0 Å². The summed E-state index contributed by atoms with van der Waals surface area (Å²) in [4.78, 5) is 40.3. The summed E-state index contributed by atoms with van der Waals surface area (Å²) in [5, 5.41) is 81.2. The summed E-state index contributed by atoms with van der Waals surface area (Å²) in [5.74, 6) is -0.673. The number of nitrogen functional groups attached to an aromatic ring is 5. The van der Waals surface area contributed by atoms with Crippen molar-refractivity contribution in [3.63, 3.8) is 0 Å². The number of hydrogen-bond donors (Lipinski definition) is 17. The zero-order chi connectivity index (χ0) is 85.1. The minimum Gasteiger partial charge on any atom is -0.394 e. The van der Waals surface area contributed by atoms with Gasteiger partial charge in [-0.05, 0) is 175 Å². The Labute approximate surface area is 722 Å². The van der Waals surface area contributed by atoms with Gasteiger partial charge in [-0.25, -0.2) is 24.9 Å². The molecule has 22 N–H and O–H groups in total. The number of allylic oxidation sites excluding steroid dienone is 1. The summed E-state index contributed by atoms with van der Waals surface area (Å²) >= 11 is 8.17. The molecule has 37 heteroatoms. The third-order valence-electron chi connectivity index (χ3n) is 21.8. The topological polar surface area (TPSA) is 470 Å². The SMILES string of the molecule is CC1(O)CCN(CCCNc2cc(N)nc3cc(-c4ccn[nH]4)sc23)CC1.CC1(O)CCN(CCNc2cc(N)nc3cc(-c4ccn[nH]4)sc23)CC1.CC[C@H](CO)Nc1cc(N)nc2cc(-c3ccn[nH]3)sc12.Nc1cc(CCC(F)(F)c2ccccn2)c2sc(-c3ccn[nH]3)cc2n1.Nc1cc(N[C@@H]2CCC[C@@H]2O)c2sc(C3=CC=NC3)cc2n1. The molecule has 15 aromatic heterocycles. The van der Waals surface area contributed by atoms with Crippen molar-refractivity contribution >= 4 is 171 Å². The number of thiophene rings is 5. The van der Waals surface area contributed by atoms with Crippen molar-refractivity contribution in [1.82, 2.24) is 80.5 Å². The van der Waals surface area contributed by atoms with Crippen molar-refractivity contribution in [1.29, 1.82) is 0 Å². The third kappa shape index (κ3) is 21.4. The number of nitrogens with zero attached hydrogens (tertiary/aromatic N) is 13. The lowest BCUT2D eigenvalue weighted by molar-refractivity contribution is -0.0174. The second kappa shape index (κ2) is 38.5. The van der Waals surface area contributed by atoms with E-state index in [2.05, 4.69) is 119 Å². The Morgan fingerprint density at radius 2 is 0.984 bits per heavy atom. The van der Waals surface area contributed by atoms with Gasteiger partial charge in [0.05, 0.1) is 153 Å². The molecule has 0 bridgehead atoms. The molecule has 0 aromatic carbocycles. The van der Waals surface area contributed by atoms with Gasteiger partial charge >= 0.3 is 0 Å². The van der Waals surface area contributed by atoms with Gasteiger partial charge in [0.2, 0.25) is 0 Å². The van der Waals surface area contributed by atoms with E-state index in [1.165, 1.54) is 34.1 Å². The summed E-state index contributed by atoms with van der Waals surface area (Å²) < 4.78 is 34.1. The van der Waals surface area contributed by atoms with E-state index in [1.807, 2.05) is 99.8 Å². The van der Waals surface area contributed by atoms with Crippen molar-refractivity contribution in [2.24, 2.45) is 4.99 Å². The summed E-state index contributed by atoms with van der Waals surface area (Å²) in [7, 11) is 0. The number of aromatic amines is 4. The number of alkyl halides is 2. The molecule has 2 saturated heterocycles. The van der Waals surface area contributed by atoms with Crippen LogP contribution in [-0.4, -0.2) is 202 Å². The average molecular weight is 1750 g/mol. The molecule has 0 unspecified atom stereocenters. The molecular weight excluding hydrogens is 1650 g/mol. The molecule has 1 aliphatic carbocycles. The molecule has 19 rings (SSSR count). The minimum absolute atomic E-state index is 0.00713. The highest BCUT2D eigenvalue weighted by molar-refractivity contribution is 7.24. The largest absolute Gasteiger partial charge is 0.394 e. The van der Waals surface area contributed by atoms with Crippen LogP contribution in [0.1, 0.15) is 101 Å². The second-order valence-electron chi connectivity index (χ2n) is 31.3. The fourth-order valence-corrected chi connectivity index (χ4v) is 20.3. The van der Waals surface area contributed by atoms with Crippen molar-refractivity contribution in [2.45, 2.75) is 127 Å². The number of nitrogens with one attached hydrogen (secondary N) is 8. The molecule has 0 amide bonds. The van der Waals surface area contributed by atoms with E-state index in [4.69, 9.17) is 28.7 Å². The van der Waals surface area contributed by atoms with Gasteiger partial charge in [0.15, 0.2) is 0 Å². The minimum atomic E-state index is -3.00. The molecular formula is C85H100F2N26O4S5. The quantitative estimate of drug-likeness (QED) is 0.0250. The first-order valence-corrected chi connectivity index (χ1v) is 44.7. The molecule has 15 aromatic rings. The van der Waals surface area contributed by atoms with Gasteiger partial charge in [-0.3, -0.25) is 30.4 Å². The van der Waals surface area contributed by atoms with Crippen LogP contribution in [0.2, 0.25) is 0 Å². The number of fused-ring (bicyclic) bond motifs is 5. The smallest absolute Gasteiger partial charge is 0.290 e. The Morgan fingerprint density at radius 3 is 1.43 bits per heavy atom. The van der Waals surface area contributed by atoms with Crippen molar-refractivity contribution in [2.75, 3.05) is 115 Å². The van der Waals surface area contributed by atoms with E-state index in [0.717, 1.165) is 233 Å². The maximum Gasteiger partial charge on any atom is 0.290 e. The molecule has 0 spiro atoms. The fourth-order valence-electron chi connectivity index (χ4n) is 14.9. The Balaban J connectivity index is 0.000000119. The summed E-state index contributed by atoms with van der Waals surface area (Å²) in [6.07, 6.45) is 19.9. The van der Waals surface area contributed by atoms with Crippen molar-refractivity contribution in [3.8, 4) is 42.3 Å². The molecule has 3 aliphatic heterocycles. The number of hydrogen-bond acceptors (Lipinski definition) is 31. The highest BCUT2D eigenvalue weighted by atomic mass is 32.1. The van der Waals surface area contributed by atoms with Gasteiger partial charge < -0.3 is 80.2 Å². The third-order valence-corrected chi connectivity index (χ3v) is 27.9. The van der Waals surface area contributed by atoms with Crippen LogP contribution in [0.4, 0.5) is 60.6 Å². The van der Waals surface area contributed by atoms with E-state index < -0.39 is 17.1 Å². The molecule has 18 heterocycles. The lowest BCUT2D eigenvalue weighted by Crippen LogP contribution is -2.43. The number of H-pyrrole nitrogens is 4. The molecule has 3 atom stereocenters. The first-order valence-electron chi connectivity index (χ1n) is 40.6. The molecule has 122 heavy (non-hydrogen) atoms. The molecule has 1 saturated carbocycles. The van der Waals surface area contributed by atoms with Crippen LogP contribution in [-0.2, 0) is 12.3 Å². The van der Waals surface area contributed by atoms with E-state index in [9.17, 15) is 29.2 Å². The fraction of sp³-hybridized carbons (Fsp3) is 0.353. The number of nitrogens with two attached hydrogens (primary N) is 5. The lowest BCUT2D eigenvalue weighted by atomic mass is 9.94. The normalized spacial score (nSPS) is 16.7. The summed E-state index contributed by atoms with van der Waals surface area (Å²) in [6, 6.07) is 31.5. The summed E-state index contributed by atoms with van der Waals surface area (Å²) in [6.45, 7) is 14.2. The van der Waals surface area contributed by atoms with Crippen LogP contribution in [0.5, 0.6) is 0 Å². The number of rotatable bonds is 24. The number of aryl methyl sites for hydroxylation is 1. The van der Waals surface area contributed by atoms with Crippen LogP contribution in [0.15, 0.2) is 145 Å². The van der Waals surface area contributed by atoms with E-state index in [0.29, 0.717) is 34.6 Å². The van der Waals surface area contributed by atoms with Crippen LogP contribution in [0.25, 0.3) is 98.9 Å². The van der Waals surface area contributed by atoms with Gasteiger partial charge in [-0.2, -0.15) is 29.2 Å². The van der Waals surface area contributed by atoms with Crippen LogP contribution < -0.4 is 49.9 Å². The first-order chi connectivity index (χ1) is 58.9. The lowest BCUT2D eigenvalue weighted by Gasteiger charge is -2.35. The number of aliphatic imine (C=N–C) groups is 1. The Morgan fingerprint density at radius 1 is 0.541 bits per heavy atom. The monoisotopic (exact) mass is 1750 g/mol. The number of likely N-dealkylation sites (tertiary alicyclic amines) is 2. The van der Waals surface area contributed by atoms with E-state index in [1.54, 1.807) is 88.3 Å². The summed E-state index contributed by atoms with van der Waals surface area (Å²) in [5.41, 5.74) is 42.5. The predicted molar refractivity (Wildman–Crippen MR) is 495 cm³/mol. The Bertz CT molecular complexity index is 6010. The first kappa shape index (κ1) is 85.7. The maximum absolute atomic E-state index is 14.5. The highest BCUT2D eigenvalue weighted by Gasteiger charge is 2.34. The highest BCUT2D eigenvalue weighted by Crippen LogP contribution is 2.44. The number of aliphatic hydroxyl groups is 4. The van der Waals surface area contributed by atoms with Gasteiger partial charge in [0.1, 0.15) is 34.8 Å². The van der Waals surface area contributed by atoms with Crippen LogP contribution >= 0.6 is 56.7 Å². The van der Waals surface area contributed by atoms with E-state index >= 15 is 0 Å². The van der Waals surface area contributed by atoms with Gasteiger partial charge in [0.25, 0.3) is 5.92 Å². The molecule has 4 aliphatic rings. The zero-order valence-corrected chi connectivity index (χ0v) is 71.8. The molecule has 638 valence electrons. The number of aromatic nitrogens is 14. The molecule has 30 nitrogen and oxygen atoms in total. The van der Waals surface area contributed by atoms with E-state index in [-0.39, 0.29) is 43.3 Å². The van der Waals surface area contributed by atoms with Gasteiger partial charge in [-0.15, -0.1) is 56.7 Å². The zero-order valence-electron chi connectivity index (χ0n) is 67.7. The van der Waals surface area contributed by atoms with Gasteiger partial charge in [0, 0.05) is 125 Å². The van der Waals surface area contributed by atoms with Gasteiger partial charge in [-0.1, -0.05) is 13.0 Å².